The van der Waals surface area contributed by atoms with Gasteiger partial charge in [0, 0.05) is 6.20 Å². The van der Waals surface area contributed by atoms with Crippen LogP contribution in [0.2, 0.25) is 0 Å². The number of anilines is 1. The first-order valence-electron chi connectivity index (χ1n) is 3.04. The molecule has 0 radical (unpaired) electrons. The standard InChI is InChI=1S/C7H8N2O2/c1-2-7(10)9(11)6-4-3-5-8-6/h2-5,8,11H,1H2. The van der Waals surface area contributed by atoms with Crippen molar-refractivity contribution in [3.8, 4) is 0 Å². The zero-order valence-electron chi connectivity index (χ0n) is 5.82. The molecule has 1 heterocycles. The zero-order chi connectivity index (χ0) is 8.27. The lowest BCUT2D eigenvalue weighted by Crippen LogP contribution is -2.24. The molecule has 0 aliphatic rings. The Balaban J connectivity index is 2.77. The van der Waals surface area contributed by atoms with E-state index in [1.165, 1.54) is 0 Å². The number of hydrogen-bond donors (Lipinski definition) is 2. The molecule has 58 valence electrons. The van der Waals surface area contributed by atoms with Crippen molar-refractivity contribution in [2.24, 2.45) is 0 Å². The van der Waals surface area contributed by atoms with Crippen molar-refractivity contribution in [2.75, 3.05) is 5.06 Å². The van der Waals surface area contributed by atoms with Crippen LogP contribution >= 0.6 is 0 Å². The Labute approximate surface area is 63.7 Å². The molecule has 1 amide bonds. The van der Waals surface area contributed by atoms with Gasteiger partial charge in [-0.05, 0) is 18.2 Å². The van der Waals surface area contributed by atoms with Gasteiger partial charge in [-0.3, -0.25) is 10.0 Å². The largest absolute Gasteiger partial charge is 0.346 e. The molecule has 1 rings (SSSR count). The molecule has 11 heavy (non-hydrogen) atoms. The lowest BCUT2D eigenvalue weighted by Gasteiger charge is -2.08. The molecular weight excluding hydrogens is 144 g/mol. The third-order valence-corrected chi connectivity index (χ3v) is 1.19. The second kappa shape index (κ2) is 3.03. The molecule has 4 nitrogen and oxygen atoms in total. The number of carbonyl (C=O) groups is 1. The third kappa shape index (κ3) is 1.47. The molecule has 0 fully saturated rings. The van der Waals surface area contributed by atoms with Crippen LogP contribution in [0.25, 0.3) is 0 Å². The van der Waals surface area contributed by atoms with Crippen LogP contribution in [0.3, 0.4) is 0 Å². The maximum atomic E-state index is 10.7. The van der Waals surface area contributed by atoms with Crippen LogP contribution in [0.1, 0.15) is 0 Å². The first-order valence-corrected chi connectivity index (χ1v) is 3.04. The Hall–Kier alpha value is -1.55. The number of aromatic amines is 1. The van der Waals surface area contributed by atoms with Crippen molar-refractivity contribution >= 4 is 11.7 Å². The summed E-state index contributed by atoms with van der Waals surface area (Å²) in [6, 6.07) is 3.25. The van der Waals surface area contributed by atoms with Gasteiger partial charge in [-0.25, -0.2) is 0 Å². The molecule has 0 saturated heterocycles. The van der Waals surface area contributed by atoms with Crippen LogP contribution in [-0.2, 0) is 4.79 Å². The molecule has 4 heteroatoms. The molecule has 0 unspecified atom stereocenters. The van der Waals surface area contributed by atoms with E-state index in [-0.39, 0.29) is 0 Å². The van der Waals surface area contributed by atoms with Gasteiger partial charge >= 0.3 is 0 Å². The Morgan fingerprint density at radius 1 is 1.82 bits per heavy atom. The van der Waals surface area contributed by atoms with Crippen molar-refractivity contribution in [1.29, 1.82) is 0 Å². The minimum Gasteiger partial charge on any atom is -0.346 e. The average molecular weight is 152 g/mol. The monoisotopic (exact) mass is 152 g/mol. The number of nitrogens with one attached hydrogen (secondary N) is 1. The maximum Gasteiger partial charge on any atom is 0.275 e. The minimum absolute atomic E-state index is 0.329. The summed E-state index contributed by atoms with van der Waals surface area (Å²) in [5.41, 5.74) is 0. The van der Waals surface area contributed by atoms with Crippen LogP contribution in [0, 0.1) is 0 Å². The van der Waals surface area contributed by atoms with Gasteiger partial charge in [0.2, 0.25) is 0 Å². The Morgan fingerprint density at radius 2 is 2.55 bits per heavy atom. The summed E-state index contributed by atoms with van der Waals surface area (Å²) in [5, 5.41) is 9.55. The van der Waals surface area contributed by atoms with Crippen LogP contribution in [-0.4, -0.2) is 16.1 Å². The lowest BCUT2D eigenvalue weighted by atomic mass is 10.5. The first kappa shape index (κ1) is 7.56. The van der Waals surface area contributed by atoms with E-state index in [1.54, 1.807) is 18.3 Å². The van der Waals surface area contributed by atoms with Crippen LogP contribution in [0.15, 0.2) is 31.0 Å². The van der Waals surface area contributed by atoms with E-state index in [0.717, 1.165) is 6.08 Å². The van der Waals surface area contributed by atoms with Gasteiger partial charge in [0.05, 0.1) is 0 Å². The molecular formula is C7H8N2O2. The molecule has 1 aromatic heterocycles. The van der Waals surface area contributed by atoms with E-state index in [2.05, 4.69) is 11.6 Å². The van der Waals surface area contributed by atoms with Gasteiger partial charge in [0.25, 0.3) is 5.91 Å². The number of nitrogens with zero attached hydrogens (tertiary/aromatic N) is 1. The van der Waals surface area contributed by atoms with Crippen LogP contribution < -0.4 is 5.06 Å². The normalized spacial score (nSPS) is 9.18. The predicted octanol–water partition coefficient (Wildman–Crippen LogP) is 0.923. The van der Waals surface area contributed by atoms with Gasteiger partial charge in [-0.15, -0.1) is 0 Å². The van der Waals surface area contributed by atoms with Crippen molar-refractivity contribution in [3.05, 3.63) is 31.0 Å². The summed E-state index contributed by atoms with van der Waals surface area (Å²) in [4.78, 5) is 13.4. The fourth-order valence-corrected chi connectivity index (χ4v) is 0.658. The molecule has 0 aromatic carbocycles. The van der Waals surface area contributed by atoms with Crippen molar-refractivity contribution in [2.45, 2.75) is 0 Å². The van der Waals surface area contributed by atoms with E-state index in [9.17, 15) is 4.79 Å². The van der Waals surface area contributed by atoms with E-state index >= 15 is 0 Å². The van der Waals surface area contributed by atoms with Crippen molar-refractivity contribution in [3.63, 3.8) is 0 Å². The molecule has 0 aliphatic heterocycles. The fourth-order valence-electron chi connectivity index (χ4n) is 0.658. The van der Waals surface area contributed by atoms with E-state index in [0.29, 0.717) is 10.9 Å². The predicted molar refractivity (Wildman–Crippen MR) is 40.3 cm³/mol. The second-order valence-electron chi connectivity index (χ2n) is 1.91. The second-order valence-corrected chi connectivity index (χ2v) is 1.91. The summed E-state index contributed by atoms with van der Waals surface area (Å²) in [6.45, 7) is 3.23. The highest BCUT2D eigenvalue weighted by Crippen LogP contribution is 2.06. The number of hydrogen-bond acceptors (Lipinski definition) is 2. The zero-order valence-corrected chi connectivity index (χ0v) is 5.82. The number of hydroxylamine groups is 1. The average Bonchev–Trinajstić information content (AvgIpc) is 2.53. The van der Waals surface area contributed by atoms with Crippen LogP contribution in [0.5, 0.6) is 0 Å². The highest BCUT2D eigenvalue weighted by atomic mass is 16.5. The molecule has 0 aliphatic carbocycles. The van der Waals surface area contributed by atoms with Gasteiger partial charge in [0.1, 0.15) is 5.82 Å². The maximum absolute atomic E-state index is 10.7. The number of rotatable bonds is 2. The van der Waals surface area contributed by atoms with Gasteiger partial charge in [0.15, 0.2) is 0 Å². The molecule has 2 N–H and O–H groups in total. The van der Waals surface area contributed by atoms with Crippen molar-refractivity contribution in [1.82, 2.24) is 4.98 Å². The van der Waals surface area contributed by atoms with Crippen molar-refractivity contribution < 1.29 is 10.0 Å². The topological polar surface area (TPSA) is 56.3 Å². The summed E-state index contributed by atoms with van der Waals surface area (Å²) >= 11 is 0. The number of carbonyl (C=O) groups excluding carboxylic acids is 1. The molecule has 0 saturated carbocycles. The lowest BCUT2D eigenvalue weighted by molar-refractivity contribution is -0.119. The molecule has 0 spiro atoms. The number of aromatic nitrogens is 1. The third-order valence-electron chi connectivity index (χ3n) is 1.19. The van der Waals surface area contributed by atoms with E-state index in [4.69, 9.17) is 5.21 Å². The highest BCUT2D eigenvalue weighted by Gasteiger charge is 2.08. The molecule has 1 aromatic rings. The Kier molecular flexibility index (Phi) is 2.08. The minimum atomic E-state index is -0.563. The highest BCUT2D eigenvalue weighted by molar-refractivity contribution is 5.98. The fraction of sp³-hybridized carbons (Fsp3) is 0. The molecule has 0 atom stereocenters. The van der Waals surface area contributed by atoms with E-state index in [1.807, 2.05) is 0 Å². The SMILES string of the molecule is C=CC(=O)N(O)c1ccc[nH]1. The van der Waals surface area contributed by atoms with Crippen LogP contribution in [0.4, 0.5) is 5.82 Å². The summed E-state index contributed by atoms with van der Waals surface area (Å²) < 4.78 is 0. The smallest absolute Gasteiger partial charge is 0.275 e. The number of amides is 1. The Morgan fingerprint density at radius 3 is 3.00 bits per heavy atom. The van der Waals surface area contributed by atoms with Gasteiger partial charge in [-0.2, -0.15) is 5.06 Å². The summed E-state index contributed by atoms with van der Waals surface area (Å²) in [7, 11) is 0. The summed E-state index contributed by atoms with van der Waals surface area (Å²) in [6.07, 6.45) is 2.63. The number of H-pyrrole nitrogens is 1. The molecule has 0 bridgehead atoms. The first-order chi connectivity index (χ1) is 5.25. The van der Waals surface area contributed by atoms with Gasteiger partial charge in [-0.1, -0.05) is 6.58 Å². The quantitative estimate of drug-likeness (QED) is 0.376. The van der Waals surface area contributed by atoms with E-state index < -0.39 is 5.91 Å². The summed E-state index contributed by atoms with van der Waals surface area (Å²) in [5.74, 6) is -0.234. The Bertz CT molecular complexity index is 253. The van der Waals surface area contributed by atoms with Gasteiger partial charge < -0.3 is 4.98 Å².